The van der Waals surface area contributed by atoms with Gasteiger partial charge in [0.05, 0.1) is 0 Å². The monoisotopic (exact) mass is 277 g/mol. The van der Waals surface area contributed by atoms with Crippen LogP contribution in [0.15, 0.2) is 27.0 Å². The van der Waals surface area contributed by atoms with Gasteiger partial charge in [0.1, 0.15) is 5.03 Å². The van der Waals surface area contributed by atoms with Gasteiger partial charge in [-0.15, -0.1) is 11.3 Å². The van der Waals surface area contributed by atoms with Gasteiger partial charge in [0.15, 0.2) is 4.34 Å². The van der Waals surface area contributed by atoms with Crippen molar-refractivity contribution in [1.29, 1.82) is 0 Å². The van der Waals surface area contributed by atoms with E-state index in [9.17, 15) is 0 Å². The van der Waals surface area contributed by atoms with Gasteiger partial charge in [-0.05, 0) is 48.6 Å². The maximum Gasteiger partial charge on any atom is 0.156 e. The quantitative estimate of drug-likeness (QED) is 0.937. The molecule has 0 saturated heterocycles. The molecule has 0 bridgehead atoms. The van der Waals surface area contributed by atoms with Crippen molar-refractivity contribution in [2.24, 2.45) is 5.73 Å². The lowest BCUT2D eigenvalue weighted by Crippen LogP contribution is -2.10. The standard InChI is InChI=1S/C13H15N3S2/c14-8-10-7-9-3-1-2-4-11(9)16-12(10)18-13-15-5-6-17-13/h5-7H,1-4,8,14H2. The molecule has 1 aliphatic rings. The minimum absolute atomic E-state index is 0.550. The predicted octanol–water partition coefficient (Wildman–Crippen LogP) is 3.03. The normalized spacial score (nSPS) is 14.5. The van der Waals surface area contributed by atoms with Crippen molar-refractivity contribution in [1.82, 2.24) is 9.97 Å². The number of nitrogens with two attached hydrogens (primary N) is 1. The summed E-state index contributed by atoms with van der Waals surface area (Å²) < 4.78 is 1.04. The topological polar surface area (TPSA) is 51.8 Å². The zero-order chi connectivity index (χ0) is 12.4. The summed E-state index contributed by atoms with van der Waals surface area (Å²) >= 11 is 3.28. The summed E-state index contributed by atoms with van der Waals surface area (Å²) in [5.41, 5.74) is 9.65. The van der Waals surface area contributed by atoms with Gasteiger partial charge in [0, 0.05) is 23.8 Å². The summed E-state index contributed by atoms with van der Waals surface area (Å²) in [4.78, 5) is 9.11. The van der Waals surface area contributed by atoms with E-state index in [-0.39, 0.29) is 0 Å². The van der Waals surface area contributed by atoms with E-state index in [4.69, 9.17) is 10.7 Å². The number of pyridine rings is 1. The first kappa shape index (κ1) is 12.1. The van der Waals surface area contributed by atoms with Gasteiger partial charge in [0.25, 0.3) is 0 Å². The average molecular weight is 277 g/mol. The summed E-state index contributed by atoms with van der Waals surface area (Å²) in [6.07, 6.45) is 6.61. The number of nitrogens with zero attached hydrogens (tertiary/aromatic N) is 2. The third-order valence-electron chi connectivity index (χ3n) is 3.15. The van der Waals surface area contributed by atoms with Crippen LogP contribution in [0.5, 0.6) is 0 Å². The molecule has 0 aromatic carbocycles. The number of aromatic nitrogens is 2. The number of thiazole rings is 1. The lowest BCUT2D eigenvalue weighted by molar-refractivity contribution is 0.656. The Kier molecular flexibility index (Phi) is 3.63. The van der Waals surface area contributed by atoms with Crippen LogP contribution in [0.2, 0.25) is 0 Å². The largest absolute Gasteiger partial charge is 0.326 e. The number of aryl methyl sites for hydroxylation is 2. The second-order valence-electron chi connectivity index (χ2n) is 4.37. The fourth-order valence-corrected chi connectivity index (χ4v) is 3.90. The molecule has 5 heteroatoms. The van der Waals surface area contributed by atoms with E-state index in [1.165, 1.54) is 24.1 Å². The van der Waals surface area contributed by atoms with Crippen LogP contribution in [0, 0.1) is 0 Å². The maximum absolute atomic E-state index is 5.84. The molecule has 0 saturated carbocycles. The van der Waals surface area contributed by atoms with Crippen LogP contribution in [-0.4, -0.2) is 9.97 Å². The Bertz CT molecular complexity index is 537. The Labute approximate surface area is 115 Å². The van der Waals surface area contributed by atoms with E-state index in [1.54, 1.807) is 23.1 Å². The van der Waals surface area contributed by atoms with Gasteiger partial charge in [-0.2, -0.15) is 0 Å². The Morgan fingerprint density at radius 3 is 3.00 bits per heavy atom. The van der Waals surface area contributed by atoms with Crippen LogP contribution in [0.1, 0.15) is 29.7 Å². The van der Waals surface area contributed by atoms with Crippen molar-refractivity contribution in [2.75, 3.05) is 0 Å². The average Bonchev–Trinajstić information content (AvgIpc) is 2.91. The van der Waals surface area contributed by atoms with Crippen LogP contribution in [0.3, 0.4) is 0 Å². The Morgan fingerprint density at radius 1 is 1.33 bits per heavy atom. The summed E-state index contributed by atoms with van der Waals surface area (Å²) in [5, 5.41) is 3.02. The molecule has 94 valence electrons. The van der Waals surface area contributed by atoms with Gasteiger partial charge in [-0.25, -0.2) is 9.97 Å². The first-order valence-electron chi connectivity index (χ1n) is 6.16. The van der Waals surface area contributed by atoms with Crippen LogP contribution >= 0.6 is 23.1 Å². The molecule has 0 unspecified atom stereocenters. The lowest BCUT2D eigenvalue weighted by Gasteiger charge is -2.17. The minimum Gasteiger partial charge on any atom is -0.326 e. The molecule has 3 rings (SSSR count). The van der Waals surface area contributed by atoms with Crippen molar-refractivity contribution >= 4 is 23.1 Å². The molecule has 2 aromatic heterocycles. The Hall–Kier alpha value is -0.910. The van der Waals surface area contributed by atoms with Crippen LogP contribution in [0.4, 0.5) is 0 Å². The molecule has 3 nitrogen and oxygen atoms in total. The third kappa shape index (κ3) is 2.43. The second-order valence-corrected chi connectivity index (χ2v) is 6.50. The van der Waals surface area contributed by atoms with Gasteiger partial charge in [-0.1, -0.05) is 6.07 Å². The van der Waals surface area contributed by atoms with E-state index in [0.717, 1.165) is 27.8 Å². The number of hydrogen-bond acceptors (Lipinski definition) is 5. The fourth-order valence-electron chi connectivity index (χ4n) is 2.24. The molecule has 2 aromatic rings. The summed E-state index contributed by atoms with van der Waals surface area (Å²) in [6, 6.07) is 2.25. The second kappa shape index (κ2) is 5.38. The highest BCUT2D eigenvalue weighted by Gasteiger charge is 2.15. The molecular formula is C13H15N3S2. The molecular weight excluding hydrogens is 262 g/mol. The molecule has 0 aliphatic heterocycles. The first-order valence-corrected chi connectivity index (χ1v) is 7.85. The molecule has 0 fully saturated rings. The summed E-state index contributed by atoms with van der Waals surface area (Å²) in [6.45, 7) is 0.550. The van der Waals surface area contributed by atoms with Gasteiger partial charge in [-0.3, -0.25) is 0 Å². The first-order chi connectivity index (χ1) is 8.86. The molecule has 0 radical (unpaired) electrons. The van der Waals surface area contributed by atoms with Crippen molar-refractivity contribution < 1.29 is 0 Å². The zero-order valence-electron chi connectivity index (χ0n) is 10.1. The van der Waals surface area contributed by atoms with Gasteiger partial charge in [0.2, 0.25) is 0 Å². The fraction of sp³-hybridized carbons (Fsp3) is 0.385. The van der Waals surface area contributed by atoms with Gasteiger partial charge < -0.3 is 5.73 Å². The van der Waals surface area contributed by atoms with E-state index >= 15 is 0 Å². The highest BCUT2D eigenvalue weighted by Crippen LogP contribution is 2.32. The molecule has 2 heterocycles. The predicted molar refractivity (Wildman–Crippen MR) is 75.0 cm³/mol. The highest BCUT2D eigenvalue weighted by molar-refractivity contribution is 8.01. The Balaban J connectivity index is 1.96. The van der Waals surface area contributed by atoms with Crippen molar-refractivity contribution in [2.45, 2.75) is 41.6 Å². The van der Waals surface area contributed by atoms with E-state index in [2.05, 4.69) is 11.1 Å². The lowest BCUT2D eigenvalue weighted by atomic mass is 9.95. The minimum atomic E-state index is 0.550. The SMILES string of the molecule is NCc1cc2c(nc1Sc1nccs1)CCCC2. The summed E-state index contributed by atoms with van der Waals surface area (Å²) in [5.74, 6) is 0. The molecule has 2 N–H and O–H groups in total. The van der Waals surface area contributed by atoms with Crippen LogP contribution in [-0.2, 0) is 19.4 Å². The van der Waals surface area contributed by atoms with E-state index in [1.807, 2.05) is 11.6 Å². The van der Waals surface area contributed by atoms with Gasteiger partial charge >= 0.3 is 0 Å². The zero-order valence-corrected chi connectivity index (χ0v) is 11.7. The van der Waals surface area contributed by atoms with Crippen LogP contribution in [0.25, 0.3) is 0 Å². The molecule has 1 aliphatic carbocycles. The van der Waals surface area contributed by atoms with E-state index in [0.29, 0.717) is 6.54 Å². The highest BCUT2D eigenvalue weighted by atomic mass is 32.2. The summed E-state index contributed by atoms with van der Waals surface area (Å²) in [7, 11) is 0. The molecule has 18 heavy (non-hydrogen) atoms. The Morgan fingerprint density at radius 2 is 2.22 bits per heavy atom. The number of rotatable bonds is 3. The maximum atomic E-state index is 5.84. The van der Waals surface area contributed by atoms with Crippen molar-refractivity contribution in [3.63, 3.8) is 0 Å². The molecule has 0 atom stereocenters. The van der Waals surface area contributed by atoms with Crippen LogP contribution < -0.4 is 5.73 Å². The van der Waals surface area contributed by atoms with Crippen molar-refractivity contribution in [3.8, 4) is 0 Å². The third-order valence-corrected chi connectivity index (χ3v) is 5.08. The van der Waals surface area contributed by atoms with Crippen molar-refractivity contribution in [3.05, 3.63) is 34.5 Å². The smallest absolute Gasteiger partial charge is 0.156 e. The number of hydrogen-bond donors (Lipinski definition) is 1. The number of fused-ring (bicyclic) bond motifs is 1. The van der Waals surface area contributed by atoms with E-state index < -0.39 is 0 Å². The molecule has 0 spiro atoms. The molecule has 0 amide bonds.